The van der Waals surface area contributed by atoms with Gasteiger partial charge in [0.05, 0.1) is 24.5 Å². The number of benzene rings is 3. The second kappa shape index (κ2) is 9.61. The summed E-state index contributed by atoms with van der Waals surface area (Å²) < 4.78 is 11.1. The van der Waals surface area contributed by atoms with Crippen molar-refractivity contribution in [3.8, 4) is 11.5 Å². The molecule has 33 heavy (non-hydrogen) atoms. The maximum Gasteiger partial charge on any atom is 0.282 e. The smallest absolute Gasteiger partial charge is 0.282 e. The van der Waals surface area contributed by atoms with Gasteiger partial charge in [0, 0.05) is 11.8 Å². The van der Waals surface area contributed by atoms with E-state index < -0.39 is 5.91 Å². The molecule has 0 bridgehead atoms. The SMILES string of the molecule is CCOc1ccc(C2=C(Nc3cccc(OCC)c3)C(=O)N(c3ccc(C)cc3)C2=O)cc1. The van der Waals surface area contributed by atoms with E-state index in [1.807, 2.05) is 51.1 Å². The van der Waals surface area contributed by atoms with Crippen LogP contribution in [-0.2, 0) is 9.59 Å². The molecule has 1 aliphatic heterocycles. The Kier molecular flexibility index (Phi) is 6.45. The molecular formula is C27H26N2O4. The number of carbonyl (C=O) groups is 2. The standard InChI is InChI=1S/C27H26N2O4/c1-4-32-22-15-11-19(12-16-22)24-25(28-20-7-6-8-23(17-20)33-5-2)27(31)29(26(24)30)21-13-9-18(3)10-14-21/h6-17,28H,4-5H2,1-3H3. The Labute approximate surface area is 193 Å². The third kappa shape index (κ3) is 4.60. The number of amides is 2. The van der Waals surface area contributed by atoms with Gasteiger partial charge in [0.25, 0.3) is 11.8 Å². The van der Waals surface area contributed by atoms with Crippen LogP contribution in [0.25, 0.3) is 5.57 Å². The van der Waals surface area contributed by atoms with Crippen molar-refractivity contribution in [2.24, 2.45) is 0 Å². The highest BCUT2D eigenvalue weighted by molar-refractivity contribution is 6.46. The number of hydrogen-bond acceptors (Lipinski definition) is 5. The Balaban J connectivity index is 1.77. The first-order valence-corrected chi connectivity index (χ1v) is 10.9. The van der Waals surface area contributed by atoms with Crippen LogP contribution in [0, 0.1) is 6.92 Å². The number of carbonyl (C=O) groups excluding carboxylic acids is 2. The zero-order valence-corrected chi connectivity index (χ0v) is 18.9. The highest BCUT2D eigenvalue weighted by Gasteiger charge is 2.40. The minimum Gasteiger partial charge on any atom is -0.494 e. The van der Waals surface area contributed by atoms with Crippen LogP contribution in [0.2, 0.25) is 0 Å². The molecule has 2 amide bonds. The largest absolute Gasteiger partial charge is 0.494 e. The lowest BCUT2D eigenvalue weighted by Crippen LogP contribution is -2.32. The van der Waals surface area contributed by atoms with Gasteiger partial charge in [-0.1, -0.05) is 35.9 Å². The Morgan fingerprint density at radius 3 is 2.12 bits per heavy atom. The summed E-state index contributed by atoms with van der Waals surface area (Å²) in [5.41, 5.74) is 3.40. The monoisotopic (exact) mass is 442 g/mol. The Morgan fingerprint density at radius 1 is 0.788 bits per heavy atom. The van der Waals surface area contributed by atoms with Gasteiger partial charge in [0.1, 0.15) is 17.2 Å². The van der Waals surface area contributed by atoms with E-state index in [9.17, 15) is 9.59 Å². The van der Waals surface area contributed by atoms with Crippen LogP contribution < -0.4 is 19.7 Å². The van der Waals surface area contributed by atoms with E-state index in [1.165, 1.54) is 4.90 Å². The van der Waals surface area contributed by atoms with Gasteiger partial charge in [-0.3, -0.25) is 9.59 Å². The first kappa shape index (κ1) is 22.1. The average Bonchev–Trinajstić information content (AvgIpc) is 3.05. The van der Waals surface area contributed by atoms with E-state index in [4.69, 9.17) is 9.47 Å². The van der Waals surface area contributed by atoms with E-state index in [0.29, 0.717) is 47.2 Å². The topological polar surface area (TPSA) is 67.9 Å². The van der Waals surface area contributed by atoms with Crippen LogP contribution in [0.3, 0.4) is 0 Å². The molecule has 0 unspecified atom stereocenters. The fourth-order valence-electron chi connectivity index (χ4n) is 3.70. The molecule has 0 fully saturated rings. The lowest BCUT2D eigenvalue weighted by Gasteiger charge is -2.16. The maximum absolute atomic E-state index is 13.5. The molecule has 0 aliphatic carbocycles. The fraction of sp³-hybridized carbons (Fsp3) is 0.185. The van der Waals surface area contributed by atoms with Crippen molar-refractivity contribution in [2.45, 2.75) is 20.8 Å². The summed E-state index contributed by atoms with van der Waals surface area (Å²) >= 11 is 0. The molecule has 3 aromatic rings. The normalized spacial score (nSPS) is 13.5. The molecule has 0 aromatic heterocycles. The number of hydrogen-bond donors (Lipinski definition) is 1. The lowest BCUT2D eigenvalue weighted by atomic mass is 10.0. The van der Waals surface area contributed by atoms with Crippen LogP contribution in [0.5, 0.6) is 11.5 Å². The van der Waals surface area contributed by atoms with Gasteiger partial charge in [-0.15, -0.1) is 0 Å². The second-order valence-electron chi connectivity index (χ2n) is 7.57. The molecule has 0 spiro atoms. The minimum absolute atomic E-state index is 0.221. The van der Waals surface area contributed by atoms with Gasteiger partial charge in [0.2, 0.25) is 0 Å². The molecular weight excluding hydrogens is 416 g/mol. The molecule has 3 aromatic carbocycles. The van der Waals surface area contributed by atoms with Crippen LogP contribution in [0.4, 0.5) is 11.4 Å². The summed E-state index contributed by atoms with van der Waals surface area (Å²) in [6.45, 7) is 6.85. The fourth-order valence-corrected chi connectivity index (χ4v) is 3.70. The van der Waals surface area contributed by atoms with Crippen molar-refractivity contribution in [1.29, 1.82) is 0 Å². The molecule has 168 valence electrons. The van der Waals surface area contributed by atoms with Crippen molar-refractivity contribution >= 4 is 28.8 Å². The third-order valence-corrected chi connectivity index (χ3v) is 5.24. The Morgan fingerprint density at radius 2 is 1.45 bits per heavy atom. The molecule has 0 radical (unpaired) electrons. The number of ether oxygens (including phenoxy) is 2. The summed E-state index contributed by atoms with van der Waals surface area (Å²) in [6, 6.07) is 21.8. The van der Waals surface area contributed by atoms with Crippen molar-refractivity contribution in [2.75, 3.05) is 23.4 Å². The molecule has 4 rings (SSSR count). The maximum atomic E-state index is 13.5. The van der Waals surface area contributed by atoms with Gasteiger partial charge in [-0.25, -0.2) is 4.90 Å². The molecule has 6 nitrogen and oxygen atoms in total. The number of imide groups is 1. The summed E-state index contributed by atoms with van der Waals surface area (Å²) in [5, 5.41) is 3.18. The van der Waals surface area contributed by atoms with E-state index >= 15 is 0 Å². The minimum atomic E-state index is -0.408. The zero-order chi connectivity index (χ0) is 23.4. The third-order valence-electron chi connectivity index (χ3n) is 5.24. The molecule has 1 N–H and O–H groups in total. The van der Waals surface area contributed by atoms with Crippen LogP contribution >= 0.6 is 0 Å². The number of nitrogens with one attached hydrogen (secondary N) is 1. The Bertz CT molecular complexity index is 1200. The summed E-state index contributed by atoms with van der Waals surface area (Å²) in [4.78, 5) is 28.2. The summed E-state index contributed by atoms with van der Waals surface area (Å²) in [5.74, 6) is 0.594. The second-order valence-corrected chi connectivity index (χ2v) is 7.57. The molecule has 6 heteroatoms. The molecule has 1 aliphatic rings. The summed E-state index contributed by atoms with van der Waals surface area (Å²) in [7, 11) is 0. The lowest BCUT2D eigenvalue weighted by molar-refractivity contribution is -0.120. The number of anilines is 2. The van der Waals surface area contributed by atoms with Crippen LogP contribution in [0.1, 0.15) is 25.0 Å². The van der Waals surface area contributed by atoms with Crippen molar-refractivity contribution < 1.29 is 19.1 Å². The van der Waals surface area contributed by atoms with Gasteiger partial charge in [-0.05, 0) is 62.7 Å². The van der Waals surface area contributed by atoms with Crippen LogP contribution in [0.15, 0.2) is 78.5 Å². The van der Waals surface area contributed by atoms with E-state index in [2.05, 4.69) is 5.32 Å². The van der Waals surface area contributed by atoms with E-state index in [-0.39, 0.29) is 11.6 Å². The average molecular weight is 443 g/mol. The van der Waals surface area contributed by atoms with Gasteiger partial charge in [0.15, 0.2) is 0 Å². The van der Waals surface area contributed by atoms with E-state index in [1.54, 1.807) is 42.5 Å². The van der Waals surface area contributed by atoms with Crippen molar-refractivity contribution in [1.82, 2.24) is 0 Å². The molecule has 1 heterocycles. The predicted molar refractivity (Wildman–Crippen MR) is 129 cm³/mol. The highest BCUT2D eigenvalue weighted by atomic mass is 16.5. The van der Waals surface area contributed by atoms with Crippen molar-refractivity contribution in [3.63, 3.8) is 0 Å². The molecule has 0 atom stereocenters. The van der Waals surface area contributed by atoms with Crippen LogP contribution in [-0.4, -0.2) is 25.0 Å². The van der Waals surface area contributed by atoms with Gasteiger partial charge < -0.3 is 14.8 Å². The first-order valence-electron chi connectivity index (χ1n) is 10.9. The van der Waals surface area contributed by atoms with Gasteiger partial charge >= 0.3 is 0 Å². The quantitative estimate of drug-likeness (QED) is 0.487. The van der Waals surface area contributed by atoms with Gasteiger partial charge in [-0.2, -0.15) is 0 Å². The summed E-state index contributed by atoms with van der Waals surface area (Å²) in [6.07, 6.45) is 0. The predicted octanol–water partition coefficient (Wildman–Crippen LogP) is 5.19. The number of aryl methyl sites for hydroxylation is 1. The zero-order valence-electron chi connectivity index (χ0n) is 18.9. The first-order chi connectivity index (χ1) is 16.0. The number of nitrogens with zero attached hydrogens (tertiary/aromatic N) is 1. The van der Waals surface area contributed by atoms with Crippen molar-refractivity contribution in [3.05, 3.63) is 89.6 Å². The van der Waals surface area contributed by atoms with E-state index in [0.717, 1.165) is 5.56 Å². The Hall–Kier alpha value is -4.06. The highest BCUT2D eigenvalue weighted by Crippen LogP contribution is 2.35. The molecule has 0 saturated heterocycles. The number of rotatable bonds is 8. The molecule has 0 saturated carbocycles.